The third-order valence-corrected chi connectivity index (χ3v) is 3.59. The van der Waals surface area contributed by atoms with Crippen molar-refractivity contribution in [3.05, 3.63) is 48.5 Å². The fourth-order valence-corrected chi connectivity index (χ4v) is 2.54. The highest BCUT2D eigenvalue weighted by Crippen LogP contribution is 2.26. The second-order valence-electron chi connectivity index (χ2n) is 5.39. The largest absolute Gasteiger partial charge is 0.493 e. The third-order valence-electron chi connectivity index (χ3n) is 3.37. The van der Waals surface area contributed by atoms with Crippen LogP contribution in [0, 0.1) is 0 Å². The van der Waals surface area contributed by atoms with E-state index < -0.39 is 0 Å². The van der Waals surface area contributed by atoms with E-state index in [1.54, 1.807) is 7.11 Å². The lowest BCUT2D eigenvalue weighted by molar-refractivity contribution is 0.270. The number of hydrogen-bond acceptors (Lipinski definition) is 4. The van der Waals surface area contributed by atoms with E-state index >= 15 is 0 Å². The van der Waals surface area contributed by atoms with Crippen molar-refractivity contribution in [1.82, 2.24) is 5.32 Å². The molecular formula is C19H24N2O3S. The fourth-order valence-electron chi connectivity index (χ4n) is 2.23. The van der Waals surface area contributed by atoms with E-state index in [2.05, 4.69) is 10.6 Å². The van der Waals surface area contributed by atoms with Crippen molar-refractivity contribution in [1.29, 1.82) is 0 Å². The smallest absolute Gasteiger partial charge is 0.171 e. The fraction of sp³-hybridized carbons (Fsp3) is 0.316. The molecule has 6 heteroatoms. The number of ether oxygens (including phenoxy) is 3. The molecule has 2 N–H and O–H groups in total. The number of benzene rings is 2. The molecule has 0 aliphatic rings. The first-order chi connectivity index (χ1) is 12.1. The summed E-state index contributed by atoms with van der Waals surface area (Å²) >= 11 is 5.38. The Morgan fingerprint density at radius 2 is 1.64 bits per heavy atom. The number of thiocarbonyl (C=S) groups is 1. The molecule has 0 aliphatic carbocycles. The number of para-hydroxylation sites is 4. The van der Waals surface area contributed by atoms with Crippen molar-refractivity contribution in [2.24, 2.45) is 0 Å². The maximum Gasteiger partial charge on any atom is 0.171 e. The summed E-state index contributed by atoms with van der Waals surface area (Å²) in [4.78, 5) is 0. The van der Waals surface area contributed by atoms with Gasteiger partial charge in [0, 0.05) is 0 Å². The summed E-state index contributed by atoms with van der Waals surface area (Å²) < 4.78 is 16.7. The van der Waals surface area contributed by atoms with Crippen LogP contribution in [0.15, 0.2) is 48.5 Å². The molecule has 0 radical (unpaired) electrons. The summed E-state index contributed by atoms with van der Waals surface area (Å²) in [7, 11) is 1.62. The summed E-state index contributed by atoms with van der Waals surface area (Å²) in [6.45, 7) is 5.00. The first kappa shape index (κ1) is 18.9. The van der Waals surface area contributed by atoms with Gasteiger partial charge in [0.05, 0.1) is 25.4 Å². The van der Waals surface area contributed by atoms with Crippen LogP contribution in [-0.4, -0.2) is 31.5 Å². The standard InChI is InChI=1S/C19H24N2O3S/c1-4-23-16-10-6-5-9-15(16)21-19(25)20-14(2)13-24-18-12-8-7-11-17(18)22-3/h5-12,14H,4,13H2,1-3H3,(H2,20,21,25). The van der Waals surface area contributed by atoms with Crippen LogP contribution in [0.4, 0.5) is 5.69 Å². The predicted octanol–water partition coefficient (Wildman–Crippen LogP) is 3.85. The molecule has 2 aromatic carbocycles. The number of rotatable bonds is 8. The first-order valence-electron chi connectivity index (χ1n) is 8.19. The molecule has 0 bridgehead atoms. The van der Waals surface area contributed by atoms with Crippen molar-refractivity contribution < 1.29 is 14.2 Å². The molecule has 1 atom stereocenters. The lowest BCUT2D eigenvalue weighted by Crippen LogP contribution is -2.39. The zero-order valence-electron chi connectivity index (χ0n) is 14.7. The van der Waals surface area contributed by atoms with Gasteiger partial charge in [-0.05, 0) is 50.3 Å². The Morgan fingerprint density at radius 3 is 2.32 bits per heavy atom. The molecular weight excluding hydrogens is 336 g/mol. The van der Waals surface area contributed by atoms with Gasteiger partial charge < -0.3 is 24.8 Å². The van der Waals surface area contributed by atoms with E-state index in [0.29, 0.717) is 29.8 Å². The Morgan fingerprint density at radius 1 is 1.00 bits per heavy atom. The zero-order valence-corrected chi connectivity index (χ0v) is 15.6. The van der Waals surface area contributed by atoms with E-state index in [-0.39, 0.29) is 6.04 Å². The summed E-state index contributed by atoms with van der Waals surface area (Å²) in [5, 5.41) is 6.88. The van der Waals surface area contributed by atoms with Gasteiger partial charge in [-0.15, -0.1) is 0 Å². The summed E-state index contributed by atoms with van der Waals surface area (Å²) in [6, 6.07) is 15.3. The lowest BCUT2D eigenvalue weighted by atomic mass is 10.3. The van der Waals surface area contributed by atoms with Gasteiger partial charge in [0.2, 0.25) is 0 Å². The second kappa shape index (κ2) is 9.74. The van der Waals surface area contributed by atoms with E-state index in [0.717, 1.165) is 11.4 Å². The molecule has 2 rings (SSSR count). The maximum atomic E-state index is 5.80. The number of hydrogen-bond donors (Lipinski definition) is 2. The summed E-state index contributed by atoms with van der Waals surface area (Å²) in [5.41, 5.74) is 0.833. The van der Waals surface area contributed by atoms with Crippen LogP contribution in [0.3, 0.4) is 0 Å². The van der Waals surface area contributed by atoms with E-state index in [1.165, 1.54) is 0 Å². The van der Waals surface area contributed by atoms with E-state index in [4.69, 9.17) is 26.4 Å². The molecule has 1 unspecified atom stereocenters. The Balaban J connectivity index is 1.86. The quantitative estimate of drug-likeness (QED) is 0.698. The van der Waals surface area contributed by atoms with Crippen LogP contribution >= 0.6 is 12.2 Å². The predicted molar refractivity (Wildman–Crippen MR) is 105 cm³/mol. The first-order valence-corrected chi connectivity index (χ1v) is 8.60. The molecule has 0 spiro atoms. The highest BCUT2D eigenvalue weighted by molar-refractivity contribution is 7.80. The van der Waals surface area contributed by atoms with Crippen molar-refractivity contribution in [2.45, 2.75) is 19.9 Å². The zero-order chi connectivity index (χ0) is 18.1. The van der Waals surface area contributed by atoms with Crippen LogP contribution in [0.25, 0.3) is 0 Å². The molecule has 0 saturated carbocycles. The van der Waals surface area contributed by atoms with Gasteiger partial charge >= 0.3 is 0 Å². The van der Waals surface area contributed by atoms with Gasteiger partial charge in [0.15, 0.2) is 16.6 Å². The van der Waals surface area contributed by atoms with Crippen LogP contribution in [-0.2, 0) is 0 Å². The molecule has 0 aliphatic heterocycles. The number of nitrogens with one attached hydrogen (secondary N) is 2. The van der Waals surface area contributed by atoms with Gasteiger partial charge in [0.25, 0.3) is 0 Å². The Hall–Kier alpha value is -2.47. The van der Waals surface area contributed by atoms with Gasteiger partial charge in [-0.3, -0.25) is 0 Å². The minimum absolute atomic E-state index is 0.0177. The van der Waals surface area contributed by atoms with Gasteiger partial charge in [-0.1, -0.05) is 24.3 Å². The highest BCUT2D eigenvalue weighted by atomic mass is 32.1. The second-order valence-corrected chi connectivity index (χ2v) is 5.80. The molecule has 134 valence electrons. The van der Waals surface area contributed by atoms with E-state index in [1.807, 2.05) is 62.4 Å². The van der Waals surface area contributed by atoms with Gasteiger partial charge in [-0.25, -0.2) is 0 Å². The average Bonchev–Trinajstić information content (AvgIpc) is 2.62. The lowest BCUT2D eigenvalue weighted by Gasteiger charge is -2.19. The van der Waals surface area contributed by atoms with Crippen molar-refractivity contribution in [3.63, 3.8) is 0 Å². The Labute approximate surface area is 154 Å². The number of methoxy groups -OCH3 is 1. The Kier molecular flexibility index (Phi) is 7.35. The summed E-state index contributed by atoms with van der Waals surface area (Å²) in [6.07, 6.45) is 0. The highest BCUT2D eigenvalue weighted by Gasteiger charge is 2.10. The molecule has 25 heavy (non-hydrogen) atoms. The number of anilines is 1. The van der Waals surface area contributed by atoms with Crippen molar-refractivity contribution >= 4 is 23.0 Å². The molecule has 2 aromatic rings. The third kappa shape index (κ3) is 5.83. The van der Waals surface area contributed by atoms with Gasteiger partial charge in [-0.2, -0.15) is 0 Å². The van der Waals surface area contributed by atoms with E-state index in [9.17, 15) is 0 Å². The monoisotopic (exact) mass is 360 g/mol. The molecule has 0 aromatic heterocycles. The molecule has 0 saturated heterocycles. The minimum Gasteiger partial charge on any atom is -0.493 e. The van der Waals surface area contributed by atoms with Crippen LogP contribution in [0.5, 0.6) is 17.2 Å². The van der Waals surface area contributed by atoms with Crippen molar-refractivity contribution in [2.75, 3.05) is 25.6 Å². The normalized spacial score (nSPS) is 11.3. The maximum absolute atomic E-state index is 5.80. The van der Waals surface area contributed by atoms with Crippen LogP contribution in [0.1, 0.15) is 13.8 Å². The SMILES string of the molecule is CCOc1ccccc1NC(=S)NC(C)COc1ccccc1OC. The average molecular weight is 360 g/mol. The van der Waals surface area contributed by atoms with Crippen LogP contribution < -0.4 is 24.8 Å². The van der Waals surface area contributed by atoms with Crippen LogP contribution in [0.2, 0.25) is 0 Å². The summed E-state index contributed by atoms with van der Waals surface area (Å²) in [5.74, 6) is 2.19. The minimum atomic E-state index is 0.0177. The molecule has 0 fully saturated rings. The molecule has 0 amide bonds. The Bertz CT molecular complexity index is 694. The molecule has 0 heterocycles. The van der Waals surface area contributed by atoms with Gasteiger partial charge in [0.1, 0.15) is 12.4 Å². The van der Waals surface area contributed by atoms with Crippen molar-refractivity contribution in [3.8, 4) is 17.2 Å². The molecule has 5 nitrogen and oxygen atoms in total. The topological polar surface area (TPSA) is 51.8 Å².